The number of fused-ring (bicyclic) bond motifs is 3. The zero-order chi connectivity index (χ0) is 16.8. The Bertz CT molecular complexity index is 763. The largest absolute Gasteiger partial charge is 0.389 e. The monoisotopic (exact) mass is 317 g/mol. The highest BCUT2D eigenvalue weighted by molar-refractivity contribution is 6.00. The van der Waals surface area contributed by atoms with Crippen molar-refractivity contribution < 1.29 is 13.2 Å². The van der Waals surface area contributed by atoms with E-state index in [4.69, 9.17) is 0 Å². The summed E-state index contributed by atoms with van der Waals surface area (Å²) in [6, 6.07) is 5.98. The number of aliphatic imine (C=N–C) groups is 1. The quantitative estimate of drug-likeness (QED) is 0.658. The number of halogens is 3. The van der Waals surface area contributed by atoms with Gasteiger partial charge in [-0.2, -0.15) is 13.2 Å². The second-order valence-corrected chi connectivity index (χ2v) is 6.07. The third-order valence-corrected chi connectivity index (χ3v) is 4.44. The number of alkyl halides is 3. The minimum atomic E-state index is -4.16. The standard InChI is InChI=1S/C19H18F3N/c1-4-13-5-6-14-9-11(2)17-12(3)23-16(7-8-19(20,21)22)18(17)15(14)10-13/h4-6,9-10,18H,1,7-8H2,2-3H3. The molecule has 0 saturated heterocycles. The van der Waals surface area contributed by atoms with Gasteiger partial charge in [0, 0.05) is 17.8 Å². The fourth-order valence-electron chi connectivity index (χ4n) is 3.45. The van der Waals surface area contributed by atoms with Gasteiger partial charge in [-0.1, -0.05) is 36.9 Å². The molecule has 0 N–H and O–H groups in total. The highest BCUT2D eigenvalue weighted by atomic mass is 19.4. The number of nitrogens with zero attached hydrogens (tertiary/aromatic N) is 1. The number of allylic oxidation sites excluding steroid dienone is 3. The van der Waals surface area contributed by atoms with E-state index < -0.39 is 12.6 Å². The topological polar surface area (TPSA) is 12.4 Å². The molecule has 0 fully saturated rings. The van der Waals surface area contributed by atoms with Crippen LogP contribution in [0.1, 0.15) is 49.3 Å². The van der Waals surface area contributed by atoms with Gasteiger partial charge in [0.05, 0.1) is 5.92 Å². The second-order valence-electron chi connectivity index (χ2n) is 6.07. The van der Waals surface area contributed by atoms with Crippen molar-refractivity contribution in [1.29, 1.82) is 0 Å². The molecule has 1 atom stereocenters. The number of benzene rings is 1. The summed E-state index contributed by atoms with van der Waals surface area (Å²) in [5.41, 5.74) is 6.63. The molecule has 0 bridgehead atoms. The molecule has 1 aromatic rings. The molecular formula is C19H18F3N. The Morgan fingerprint density at radius 3 is 2.65 bits per heavy atom. The van der Waals surface area contributed by atoms with Gasteiger partial charge in [0.1, 0.15) is 0 Å². The van der Waals surface area contributed by atoms with E-state index in [1.54, 1.807) is 6.08 Å². The molecular weight excluding hydrogens is 299 g/mol. The Balaban J connectivity index is 2.04. The lowest BCUT2D eigenvalue weighted by Crippen LogP contribution is -2.19. The minimum Gasteiger partial charge on any atom is -0.261 e. The minimum absolute atomic E-state index is 0.0555. The van der Waals surface area contributed by atoms with E-state index >= 15 is 0 Å². The third-order valence-electron chi connectivity index (χ3n) is 4.44. The molecule has 4 heteroatoms. The summed E-state index contributed by atoms with van der Waals surface area (Å²) in [6.45, 7) is 7.65. The summed E-state index contributed by atoms with van der Waals surface area (Å²) >= 11 is 0. The van der Waals surface area contributed by atoms with Gasteiger partial charge in [0.15, 0.2) is 0 Å². The maximum atomic E-state index is 12.6. The summed E-state index contributed by atoms with van der Waals surface area (Å²) in [7, 11) is 0. The Morgan fingerprint density at radius 1 is 1.26 bits per heavy atom. The SMILES string of the molecule is C=Cc1ccc2c(c1)C1C(CCC(F)(F)F)=NC(C)=C1C(C)=C2. The normalized spacial score (nSPS) is 20.0. The highest BCUT2D eigenvalue weighted by Gasteiger charge is 2.36. The maximum Gasteiger partial charge on any atom is 0.389 e. The van der Waals surface area contributed by atoms with Crippen LogP contribution in [-0.4, -0.2) is 11.9 Å². The molecule has 1 aromatic carbocycles. The predicted molar refractivity (Wildman–Crippen MR) is 88.3 cm³/mol. The van der Waals surface area contributed by atoms with Crippen molar-refractivity contribution in [3.8, 4) is 0 Å². The molecule has 3 rings (SSSR count). The summed E-state index contributed by atoms with van der Waals surface area (Å²) in [5, 5.41) is 0. The highest BCUT2D eigenvalue weighted by Crippen LogP contribution is 2.46. The average Bonchev–Trinajstić information content (AvgIpc) is 2.82. The van der Waals surface area contributed by atoms with Crippen molar-refractivity contribution in [2.24, 2.45) is 4.99 Å². The van der Waals surface area contributed by atoms with Gasteiger partial charge in [-0.3, -0.25) is 4.99 Å². The molecule has 1 unspecified atom stereocenters. The zero-order valence-electron chi connectivity index (χ0n) is 13.2. The van der Waals surface area contributed by atoms with Gasteiger partial charge in [-0.25, -0.2) is 0 Å². The molecule has 1 aliphatic carbocycles. The Kier molecular flexibility index (Phi) is 3.78. The first-order chi connectivity index (χ1) is 10.8. The Morgan fingerprint density at radius 2 is 2.00 bits per heavy atom. The maximum absolute atomic E-state index is 12.6. The van der Waals surface area contributed by atoms with Crippen molar-refractivity contribution in [2.75, 3.05) is 0 Å². The third kappa shape index (κ3) is 2.90. The van der Waals surface area contributed by atoms with Crippen LogP contribution in [0.15, 0.2) is 46.6 Å². The van der Waals surface area contributed by atoms with Crippen LogP contribution in [0, 0.1) is 0 Å². The smallest absolute Gasteiger partial charge is 0.261 e. The van der Waals surface area contributed by atoms with Crippen molar-refractivity contribution in [3.63, 3.8) is 0 Å². The van der Waals surface area contributed by atoms with Crippen molar-refractivity contribution >= 4 is 17.9 Å². The van der Waals surface area contributed by atoms with Gasteiger partial charge < -0.3 is 0 Å². The average molecular weight is 317 g/mol. The van der Waals surface area contributed by atoms with Crippen LogP contribution < -0.4 is 0 Å². The fourth-order valence-corrected chi connectivity index (χ4v) is 3.45. The van der Waals surface area contributed by atoms with E-state index in [2.05, 4.69) is 17.6 Å². The van der Waals surface area contributed by atoms with Crippen molar-refractivity contribution in [3.05, 3.63) is 58.3 Å². The number of rotatable bonds is 3. The summed E-state index contributed by atoms with van der Waals surface area (Å²) in [6.07, 6.45) is -1.21. The Labute approximate surface area is 133 Å². The molecule has 1 aliphatic heterocycles. The van der Waals surface area contributed by atoms with E-state index in [0.29, 0.717) is 5.71 Å². The van der Waals surface area contributed by atoms with Gasteiger partial charge in [-0.15, -0.1) is 0 Å². The van der Waals surface area contributed by atoms with E-state index in [1.807, 2.05) is 32.0 Å². The fraction of sp³-hybridized carbons (Fsp3) is 0.316. The van der Waals surface area contributed by atoms with Crippen LogP contribution in [0.5, 0.6) is 0 Å². The molecule has 0 aromatic heterocycles. The van der Waals surface area contributed by atoms with Crippen LogP contribution in [0.4, 0.5) is 13.2 Å². The molecule has 1 heterocycles. The molecule has 0 spiro atoms. The molecule has 0 radical (unpaired) electrons. The zero-order valence-corrected chi connectivity index (χ0v) is 13.2. The van der Waals surface area contributed by atoms with Crippen LogP contribution in [0.3, 0.4) is 0 Å². The summed E-state index contributed by atoms with van der Waals surface area (Å²) < 4.78 is 37.9. The molecule has 0 amide bonds. The van der Waals surface area contributed by atoms with Gasteiger partial charge in [0.25, 0.3) is 0 Å². The number of hydrogen-bond donors (Lipinski definition) is 0. The lowest BCUT2D eigenvalue weighted by Gasteiger charge is -2.26. The van der Waals surface area contributed by atoms with Crippen molar-refractivity contribution in [2.45, 2.75) is 38.8 Å². The van der Waals surface area contributed by atoms with Crippen LogP contribution in [0.2, 0.25) is 0 Å². The van der Waals surface area contributed by atoms with Gasteiger partial charge in [-0.05, 0) is 48.1 Å². The lowest BCUT2D eigenvalue weighted by molar-refractivity contribution is -0.132. The summed E-state index contributed by atoms with van der Waals surface area (Å²) in [5.74, 6) is -0.155. The van der Waals surface area contributed by atoms with Crippen LogP contribution >= 0.6 is 0 Å². The van der Waals surface area contributed by atoms with Crippen LogP contribution in [-0.2, 0) is 0 Å². The molecule has 120 valence electrons. The molecule has 0 saturated carbocycles. The van der Waals surface area contributed by atoms with Crippen LogP contribution in [0.25, 0.3) is 12.2 Å². The first-order valence-electron chi connectivity index (χ1n) is 7.60. The predicted octanol–water partition coefficient (Wildman–Crippen LogP) is 5.90. The van der Waals surface area contributed by atoms with Crippen molar-refractivity contribution in [1.82, 2.24) is 0 Å². The Hall–Kier alpha value is -2.10. The number of hydrogen-bond acceptors (Lipinski definition) is 1. The first kappa shape index (κ1) is 15.8. The first-order valence-corrected chi connectivity index (χ1v) is 7.60. The molecule has 23 heavy (non-hydrogen) atoms. The van der Waals surface area contributed by atoms with Gasteiger partial charge >= 0.3 is 6.18 Å². The van der Waals surface area contributed by atoms with E-state index in [9.17, 15) is 13.2 Å². The lowest BCUT2D eigenvalue weighted by atomic mass is 9.76. The molecule has 1 nitrogen and oxygen atoms in total. The van der Waals surface area contributed by atoms with E-state index in [1.165, 1.54) is 0 Å². The summed E-state index contributed by atoms with van der Waals surface area (Å²) in [4.78, 5) is 4.47. The molecule has 2 aliphatic rings. The van der Waals surface area contributed by atoms with E-state index in [-0.39, 0.29) is 12.3 Å². The van der Waals surface area contributed by atoms with Gasteiger partial charge in [0.2, 0.25) is 0 Å². The van der Waals surface area contributed by atoms with E-state index in [0.717, 1.165) is 33.5 Å². The second kappa shape index (κ2) is 5.52.